The second-order valence-corrected chi connectivity index (χ2v) is 17.0. The molecule has 0 bridgehead atoms. The Bertz CT molecular complexity index is 1440. The smallest absolute Gasteiger partial charge is 0.123 e. The maximum atomic E-state index is 14.2. The van der Waals surface area contributed by atoms with Crippen molar-refractivity contribution < 1.29 is 8.78 Å². The zero-order valence-electron chi connectivity index (χ0n) is 31.2. The standard InChI is InChI=1S/C48H60F2S/c1-3-5-7-9-35-11-15-37(16-12-35)39-19-23-41(24-20-39)47(43-27-31-45(49)32-28-43)51-48(44-29-33-46(50)34-30-44)42-25-21-40(22-26-42)38-17-13-36(14-18-38)10-8-6-4-2/h19-38,47-48H,3-18H2,1-2H3. The molecule has 0 radical (unpaired) electrons. The SMILES string of the molecule is CCCCCC1CCC(c2ccc(C(SC(c3ccc(F)cc3)c3ccc(C4CCC(CCCCC)CC4)cc3)c3ccc(F)cc3)cc2)CC1. The Kier molecular flexibility index (Phi) is 14.3. The number of benzene rings is 4. The number of rotatable bonds is 16. The number of thioether (sulfide) groups is 1. The Hall–Kier alpha value is -2.91. The van der Waals surface area contributed by atoms with Crippen molar-refractivity contribution in [1.82, 2.24) is 0 Å². The zero-order valence-corrected chi connectivity index (χ0v) is 32.0. The predicted octanol–water partition coefficient (Wildman–Crippen LogP) is 15.3. The van der Waals surface area contributed by atoms with Crippen molar-refractivity contribution in [2.75, 3.05) is 0 Å². The number of unbranched alkanes of at least 4 members (excludes halogenated alkanes) is 4. The van der Waals surface area contributed by atoms with Gasteiger partial charge < -0.3 is 0 Å². The molecule has 2 fully saturated rings. The van der Waals surface area contributed by atoms with Gasteiger partial charge in [0.25, 0.3) is 0 Å². The van der Waals surface area contributed by atoms with Gasteiger partial charge in [0.15, 0.2) is 0 Å². The molecule has 4 aromatic rings. The van der Waals surface area contributed by atoms with E-state index in [9.17, 15) is 8.78 Å². The van der Waals surface area contributed by atoms with Crippen LogP contribution in [0, 0.1) is 23.5 Å². The van der Waals surface area contributed by atoms with E-state index in [1.807, 2.05) is 36.0 Å². The van der Waals surface area contributed by atoms with Crippen LogP contribution in [0.3, 0.4) is 0 Å². The van der Waals surface area contributed by atoms with E-state index in [0.717, 1.165) is 23.0 Å². The lowest BCUT2D eigenvalue weighted by Crippen LogP contribution is -2.13. The van der Waals surface area contributed by atoms with E-state index in [4.69, 9.17) is 0 Å². The van der Waals surface area contributed by atoms with Crippen molar-refractivity contribution in [3.8, 4) is 0 Å². The minimum Gasteiger partial charge on any atom is -0.207 e. The summed E-state index contributed by atoms with van der Waals surface area (Å²) in [5.41, 5.74) is 7.52. The van der Waals surface area contributed by atoms with E-state index in [-0.39, 0.29) is 22.1 Å². The van der Waals surface area contributed by atoms with Crippen LogP contribution in [0.25, 0.3) is 0 Å². The first-order valence-electron chi connectivity index (χ1n) is 20.4. The molecule has 0 aromatic heterocycles. The summed E-state index contributed by atoms with van der Waals surface area (Å²) in [6.07, 6.45) is 21.4. The molecule has 272 valence electrons. The summed E-state index contributed by atoms with van der Waals surface area (Å²) < 4.78 is 28.4. The van der Waals surface area contributed by atoms with Crippen LogP contribution in [0.4, 0.5) is 8.78 Å². The lowest BCUT2D eigenvalue weighted by molar-refractivity contribution is 0.303. The fraction of sp³-hybridized carbons (Fsp3) is 0.500. The summed E-state index contributed by atoms with van der Waals surface area (Å²) in [5, 5.41) is -0.0154. The summed E-state index contributed by atoms with van der Waals surface area (Å²) in [4.78, 5) is 0. The van der Waals surface area contributed by atoms with Crippen molar-refractivity contribution in [1.29, 1.82) is 0 Å². The van der Waals surface area contributed by atoms with Gasteiger partial charge >= 0.3 is 0 Å². The minimum atomic E-state index is -0.219. The van der Waals surface area contributed by atoms with Crippen molar-refractivity contribution in [2.24, 2.45) is 11.8 Å². The van der Waals surface area contributed by atoms with Crippen molar-refractivity contribution >= 4 is 11.8 Å². The molecule has 3 heteroatoms. The highest BCUT2D eigenvalue weighted by Gasteiger charge is 2.27. The monoisotopic (exact) mass is 706 g/mol. The van der Waals surface area contributed by atoms with Crippen LogP contribution in [0.15, 0.2) is 97.1 Å². The molecule has 6 rings (SSSR count). The van der Waals surface area contributed by atoms with Crippen LogP contribution < -0.4 is 0 Å². The van der Waals surface area contributed by atoms with Crippen LogP contribution in [-0.2, 0) is 0 Å². The molecule has 0 N–H and O–H groups in total. The average molecular weight is 707 g/mol. The molecule has 0 amide bonds. The normalized spacial score (nSPS) is 22.0. The van der Waals surface area contributed by atoms with Gasteiger partial charge in [-0.2, -0.15) is 0 Å². The van der Waals surface area contributed by atoms with E-state index >= 15 is 0 Å². The van der Waals surface area contributed by atoms with E-state index in [1.54, 1.807) is 24.3 Å². The molecule has 2 atom stereocenters. The van der Waals surface area contributed by atoms with Crippen LogP contribution in [-0.4, -0.2) is 0 Å². The Morgan fingerprint density at radius 2 is 0.765 bits per heavy atom. The second kappa shape index (κ2) is 19.2. The van der Waals surface area contributed by atoms with Gasteiger partial charge in [0, 0.05) is 0 Å². The van der Waals surface area contributed by atoms with Gasteiger partial charge in [0.2, 0.25) is 0 Å². The lowest BCUT2D eigenvalue weighted by atomic mass is 9.77. The highest BCUT2D eigenvalue weighted by Crippen LogP contribution is 2.49. The number of hydrogen-bond acceptors (Lipinski definition) is 1. The summed E-state index contributed by atoms with van der Waals surface area (Å²) in [5.74, 6) is 2.64. The molecule has 2 unspecified atom stereocenters. The maximum Gasteiger partial charge on any atom is 0.123 e. The third-order valence-electron chi connectivity index (χ3n) is 12.2. The molecule has 4 aromatic carbocycles. The molecule has 2 aliphatic rings. The molecule has 0 heterocycles. The highest BCUT2D eigenvalue weighted by atomic mass is 32.2. The van der Waals surface area contributed by atoms with Gasteiger partial charge in [-0.3, -0.25) is 0 Å². The molecular weight excluding hydrogens is 647 g/mol. The van der Waals surface area contributed by atoms with E-state index in [1.165, 1.54) is 125 Å². The molecule has 0 saturated heterocycles. The molecule has 2 saturated carbocycles. The first kappa shape index (κ1) is 37.8. The Labute approximate surface area is 312 Å². The molecular formula is C48H60F2S. The van der Waals surface area contributed by atoms with Crippen molar-refractivity contribution in [3.05, 3.63) is 142 Å². The topological polar surface area (TPSA) is 0 Å². The van der Waals surface area contributed by atoms with Gasteiger partial charge in [0.1, 0.15) is 11.6 Å². The third-order valence-corrected chi connectivity index (χ3v) is 13.8. The van der Waals surface area contributed by atoms with Crippen molar-refractivity contribution in [2.45, 2.75) is 139 Å². The summed E-state index contributed by atoms with van der Waals surface area (Å²) >= 11 is 1.87. The van der Waals surface area contributed by atoms with Crippen LogP contribution in [0.2, 0.25) is 0 Å². The zero-order chi connectivity index (χ0) is 35.4. The maximum absolute atomic E-state index is 14.2. The number of hydrogen-bond donors (Lipinski definition) is 0. The predicted molar refractivity (Wildman–Crippen MR) is 215 cm³/mol. The number of halogens is 2. The Balaban J connectivity index is 1.21. The Morgan fingerprint density at radius 1 is 0.451 bits per heavy atom. The van der Waals surface area contributed by atoms with Crippen molar-refractivity contribution in [3.63, 3.8) is 0 Å². The first-order valence-corrected chi connectivity index (χ1v) is 21.3. The van der Waals surface area contributed by atoms with E-state index < -0.39 is 0 Å². The highest BCUT2D eigenvalue weighted by molar-refractivity contribution is 8.00. The summed E-state index contributed by atoms with van der Waals surface area (Å²) in [7, 11) is 0. The lowest BCUT2D eigenvalue weighted by Gasteiger charge is -2.30. The average Bonchev–Trinajstić information content (AvgIpc) is 3.17. The quantitative estimate of drug-likeness (QED) is 0.105. The first-order chi connectivity index (χ1) is 25.0. The van der Waals surface area contributed by atoms with Gasteiger partial charge in [-0.05, 0) is 133 Å². The minimum absolute atomic E-state index is 0.00772. The van der Waals surface area contributed by atoms with E-state index in [2.05, 4.69) is 62.4 Å². The molecule has 51 heavy (non-hydrogen) atoms. The van der Waals surface area contributed by atoms with Gasteiger partial charge in [-0.15, -0.1) is 11.8 Å². The van der Waals surface area contributed by atoms with Gasteiger partial charge in [-0.1, -0.05) is 138 Å². The van der Waals surface area contributed by atoms with Gasteiger partial charge in [-0.25, -0.2) is 8.78 Å². The second-order valence-electron chi connectivity index (χ2n) is 15.8. The third kappa shape index (κ3) is 10.6. The summed E-state index contributed by atoms with van der Waals surface area (Å²) in [6.45, 7) is 4.58. The molecule has 0 aliphatic heterocycles. The van der Waals surface area contributed by atoms with Crippen LogP contribution in [0.1, 0.15) is 172 Å². The fourth-order valence-corrected chi connectivity index (χ4v) is 10.5. The summed E-state index contributed by atoms with van der Waals surface area (Å²) in [6, 6.07) is 32.7. The molecule has 0 nitrogen and oxygen atoms in total. The van der Waals surface area contributed by atoms with Gasteiger partial charge in [0.05, 0.1) is 10.5 Å². The van der Waals surface area contributed by atoms with E-state index in [0.29, 0.717) is 11.8 Å². The van der Waals surface area contributed by atoms with Crippen LogP contribution in [0.5, 0.6) is 0 Å². The fourth-order valence-electron chi connectivity index (χ4n) is 8.93. The van der Waals surface area contributed by atoms with Crippen LogP contribution >= 0.6 is 11.8 Å². The molecule has 2 aliphatic carbocycles. The largest absolute Gasteiger partial charge is 0.207 e. The Morgan fingerprint density at radius 3 is 1.08 bits per heavy atom. The molecule has 0 spiro atoms.